The van der Waals surface area contributed by atoms with Crippen LogP contribution in [-0.2, 0) is 0 Å². The molecule has 0 amide bonds. The normalized spacial score (nSPS) is 10.3. The summed E-state index contributed by atoms with van der Waals surface area (Å²) in [6, 6.07) is 13.9. The minimum Gasteiger partial charge on any atom is -0.281 e. The Morgan fingerprint density at radius 1 is 0.800 bits per heavy atom. The minimum absolute atomic E-state index is 0.127. The highest BCUT2D eigenvalue weighted by molar-refractivity contribution is 8.87. The molecule has 0 atom stereocenters. The molecular weight excluding hydrogens is 312 g/mol. The number of hydrogen-bond acceptors (Lipinski definition) is 4. The van der Waals surface area contributed by atoms with Gasteiger partial charge in [-0.3, -0.25) is 9.59 Å². The fourth-order valence-corrected chi connectivity index (χ4v) is 3.22. The summed E-state index contributed by atoms with van der Waals surface area (Å²) >= 11 is 5.76. The van der Waals surface area contributed by atoms with Crippen molar-refractivity contribution in [3.8, 4) is 0 Å². The maximum absolute atomic E-state index is 11.9. The Hall–Kier alpha value is -1.23. The van der Waals surface area contributed by atoms with Crippen molar-refractivity contribution in [3.63, 3.8) is 0 Å². The summed E-state index contributed by atoms with van der Waals surface area (Å²) in [5.41, 5.74) is 2.22. The molecule has 0 aliphatic rings. The average molecular weight is 323 g/mol. The number of carbonyl (C=O) groups is 2. The Balaban J connectivity index is 1.94. The lowest BCUT2D eigenvalue weighted by atomic mass is 10.2. The molecule has 2 rings (SSSR count). The van der Waals surface area contributed by atoms with Crippen molar-refractivity contribution in [2.24, 2.45) is 0 Å². The van der Waals surface area contributed by atoms with E-state index in [-0.39, 0.29) is 10.2 Å². The van der Waals surface area contributed by atoms with Crippen LogP contribution in [0.4, 0.5) is 0 Å². The van der Waals surface area contributed by atoms with Crippen molar-refractivity contribution >= 4 is 43.4 Å². The van der Waals surface area contributed by atoms with Gasteiger partial charge in [-0.05, 0) is 52.8 Å². The van der Waals surface area contributed by atoms with Crippen LogP contribution in [0.15, 0.2) is 48.5 Å². The number of rotatable bonds is 2. The second-order valence-corrected chi connectivity index (χ2v) is 6.63. The van der Waals surface area contributed by atoms with Gasteiger partial charge in [0.1, 0.15) is 0 Å². The zero-order chi connectivity index (χ0) is 14.5. The van der Waals surface area contributed by atoms with Crippen LogP contribution in [0.1, 0.15) is 26.3 Å². The van der Waals surface area contributed by atoms with Crippen LogP contribution in [0.3, 0.4) is 0 Å². The number of aryl methyl sites for hydroxylation is 1. The van der Waals surface area contributed by atoms with Crippen LogP contribution in [-0.4, -0.2) is 10.2 Å². The van der Waals surface area contributed by atoms with E-state index in [4.69, 9.17) is 11.6 Å². The van der Waals surface area contributed by atoms with E-state index >= 15 is 0 Å². The summed E-state index contributed by atoms with van der Waals surface area (Å²) in [5, 5.41) is 0.291. The van der Waals surface area contributed by atoms with Crippen LogP contribution >= 0.6 is 33.2 Å². The molecule has 0 radical (unpaired) electrons. The number of benzene rings is 2. The van der Waals surface area contributed by atoms with E-state index < -0.39 is 0 Å². The van der Waals surface area contributed by atoms with Gasteiger partial charge in [0, 0.05) is 16.1 Å². The summed E-state index contributed by atoms with van der Waals surface area (Å²) in [7, 11) is 1.87. The third-order valence-corrected chi connectivity index (χ3v) is 4.83. The van der Waals surface area contributed by atoms with Crippen molar-refractivity contribution in [1.29, 1.82) is 0 Å². The average Bonchev–Trinajstić information content (AvgIpc) is 2.46. The molecule has 0 bridgehead atoms. The van der Waals surface area contributed by atoms with E-state index in [2.05, 4.69) is 0 Å². The Morgan fingerprint density at radius 2 is 1.20 bits per heavy atom. The molecule has 0 aliphatic heterocycles. The molecule has 5 heteroatoms. The van der Waals surface area contributed by atoms with Gasteiger partial charge in [0.25, 0.3) is 0 Å². The second kappa shape index (κ2) is 6.97. The standard InChI is InChI=1S/C15H11ClO2S2/c1-10-2-4-11(5-3-10)14(17)19-20-15(18)12-6-8-13(16)9-7-12/h2-9H,1H3. The summed E-state index contributed by atoms with van der Waals surface area (Å²) < 4.78 is 0. The fourth-order valence-electron chi connectivity index (χ4n) is 1.45. The van der Waals surface area contributed by atoms with Crippen LogP contribution in [0.2, 0.25) is 5.02 Å². The highest BCUT2D eigenvalue weighted by Crippen LogP contribution is 2.29. The lowest BCUT2D eigenvalue weighted by molar-refractivity contribution is 0.107. The first kappa shape index (κ1) is 15.2. The van der Waals surface area contributed by atoms with Gasteiger partial charge in [0.2, 0.25) is 10.2 Å². The molecule has 2 aromatic rings. The molecule has 0 heterocycles. The zero-order valence-electron chi connectivity index (χ0n) is 10.6. The molecule has 0 aliphatic carbocycles. The monoisotopic (exact) mass is 322 g/mol. The van der Waals surface area contributed by atoms with E-state index in [1.165, 1.54) is 0 Å². The molecule has 0 aromatic heterocycles. The highest BCUT2D eigenvalue weighted by Gasteiger charge is 2.12. The molecule has 0 fully saturated rings. The molecule has 2 nitrogen and oxygen atoms in total. The van der Waals surface area contributed by atoms with Gasteiger partial charge < -0.3 is 0 Å². The topological polar surface area (TPSA) is 34.1 Å². The number of carbonyl (C=O) groups excluding carboxylic acids is 2. The van der Waals surface area contributed by atoms with Crippen molar-refractivity contribution in [3.05, 3.63) is 70.2 Å². The van der Waals surface area contributed by atoms with Crippen LogP contribution < -0.4 is 0 Å². The van der Waals surface area contributed by atoms with E-state index in [1.54, 1.807) is 36.4 Å². The summed E-state index contributed by atoms with van der Waals surface area (Å²) in [5.74, 6) is 0. The van der Waals surface area contributed by atoms with Crippen molar-refractivity contribution in [2.45, 2.75) is 6.92 Å². The lowest BCUT2D eigenvalue weighted by Crippen LogP contribution is -1.95. The molecule has 0 spiro atoms. The third-order valence-electron chi connectivity index (χ3n) is 2.56. The molecule has 2 aromatic carbocycles. The molecular formula is C15H11ClO2S2. The van der Waals surface area contributed by atoms with Crippen molar-refractivity contribution < 1.29 is 9.59 Å². The highest BCUT2D eigenvalue weighted by atomic mass is 35.5. The maximum Gasteiger partial charge on any atom is 0.230 e. The van der Waals surface area contributed by atoms with Gasteiger partial charge in [-0.15, -0.1) is 0 Å². The first-order chi connectivity index (χ1) is 9.56. The van der Waals surface area contributed by atoms with Gasteiger partial charge in [-0.2, -0.15) is 0 Å². The van der Waals surface area contributed by atoms with Gasteiger partial charge in [-0.1, -0.05) is 41.4 Å². The SMILES string of the molecule is Cc1ccc(C(=O)SSC(=O)c2ccc(Cl)cc2)cc1. The summed E-state index contributed by atoms with van der Waals surface area (Å²) in [6.07, 6.45) is 0. The first-order valence-electron chi connectivity index (χ1n) is 5.81. The number of halogens is 1. The Labute approximate surface area is 130 Å². The van der Waals surface area contributed by atoms with E-state index in [0.29, 0.717) is 16.1 Å². The van der Waals surface area contributed by atoms with Gasteiger partial charge in [0.05, 0.1) is 0 Å². The van der Waals surface area contributed by atoms with Gasteiger partial charge in [0.15, 0.2) is 0 Å². The van der Waals surface area contributed by atoms with Crippen LogP contribution in [0, 0.1) is 6.92 Å². The third kappa shape index (κ3) is 4.13. The Kier molecular flexibility index (Phi) is 5.29. The molecule has 0 N–H and O–H groups in total. The van der Waals surface area contributed by atoms with E-state index in [1.807, 2.05) is 19.1 Å². The van der Waals surface area contributed by atoms with E-state index in [0.717, 1.165) is 27.2 Å². The number of hydrogen-bond donors (Lipinski definition) is 0. The molecule has 20 heavy (non-hydrogen) atoms. The van der Waals surface area contributed by atoms with Crippen LogP contribution in [0.5, 0.6) is 0 Å². The smallest absolute Gasteiger partial charge is 0.230 e. The summed E-state index contributed by atoms with van der Waals surface area (Å²) in [6.45, 7) is 1.96. The largest absolute Gasteiger partial charge is 0.281 e. The minimum atomic E-state index is -0.160. The molecule has 0 saturated heterocycles. The van der Waals surface area contributed by atoms with Crippen molar-refractivity contribution in [1.82, 2.24) is 0 Å². The fraction of sp³-hybridized carbons (Fsp3) is 0.0667. The zero-order valence-corrected chi connectivity index (χ0v) is 13.0. The Morgan fingerprint density at radius 3 is 1.65 bits per heavy atom. The van der Waals surface area contributed by atoms with Crippen molar-refractivity contribution in [2.75, 3.05) is 0 Å². The lowest BCUT2D eigenvalue weighted by Gasteiger charge is -2.01. The Bertz CT molecular complexity index is 564. The first-order valence-corrected chi connectivity index (χ1v) is 8.34. The maximum atomic E-state index is 11.9. The van der Waals surface area contributed by atoms with Gasteiger partial charge >= 0.3 is 0 Å². The van der Waals surface area contributed by atoms with Gasteiger partial charge in [-0.25, -0.2) is 0 Å². The molecule has 102 valence electrons. The van der Waals surface area contributed by atoms with E-state index in [9.17, 15) is 9.59 Å². The predicted molar refractivity (Wildman–Crippen MR) is 86.5 cm³/mol. The second-order valence-electron chi connectivity index (χ2n) is 4.11. The molecule has 0 saturated carbocycles. The quantitative estimate of drug-likeness (QED) is 0.728. The summed E-state index contributed by atoms with van der Waals surface area (Å²) in [4.78, 5) is 23.8. The van der Waals surface area contributed by atoms with Crippen LogP contribution in [0.25, 0.3) is 0 Å². The molecule has 0 unspecified atom stereocenters. The predicted octanol–water partition coefficient (Wildman–Crippen LogP) is 5.01.